The molecule has 0 fully saturated rings. The molecule has 2 nitrogen and oxygen atoms in total. The lowest BCUT2D eigenvalue weighted by molar-refractivity contribution is -0.148. The van der Waals surface area contributed by atoms with Crippen LogP contribution in [0.15, 0.2) is 0 Å². The van der Waals surface area contributed by atoms with Crippen molar-refractivity contribution in [2.75, 3.05) is 0 Å². The van der Waals surface area contributed by atoms with E-state index in [0.717, 1.165) is 19.3 Å². The average Bonchev–Trinajstić information content (AvgIpc) is 2.30. The first-order valence-corrected chi connectivity index (χ1v) is 7.95. The highest BCUT2D eigenvalue weighted by molar-refractivity contribution is 5.73. The maximum Gasteiger partial charge on any atom is 0.309 e. The SMILES string of the molecule is CCC(C)(CCCCCCCCC(C)(C)C)C(=O)O. The molecule has 0 aliphatic heterocycles. The van der Waals surface area contributed by atoms with Crippen LogP contribution in [-0.2, 0) is 4.79 Å². The maximum absolute atomic E-state index is 11.2. The van der Waals surface area contributed by atoms with E-state index in [0.29, 0.717) is 5.41 Å². The van der Waals surface area contributed by atoms with Crippen LogP contribution in [0.2, 0.25) is 0 Å². The molecule has 0 aliphatic carbocycles. The van der Waals surface area contributed by atoms with Crippen molar-refractivity contribution in [2.45, 2.75) is 92.4 Å². The summed E-state index contributed by atoms with van der Waals surface area (Å²) in [5, 5.41) is 9.18. The van der Waals surface area contributed by atoms with Crippen molar-refractivity contribution in [3.8, 4) is 0 Å². The Morgan fingerprint density at radius 1 is 0.842 bits per heavy atom. The smallest absolute Gasteiger partial charge is 0.309 e. The van der Waals surface area contributed by atoms with Gasteiger partial charge in [0.15, 0.2) is 0 Å². The molecule has 1 N–H and O–H groups in total. The molecular formula is C17H34O2. The Morgan fingerprint density at radius 2 is 1.26 bits per heavy atom. The highest BCUT2D eigenvalue weighted by Gasteiger charge is 2.29. The molecular weight excluding hydrogens is 236 g/mol. The fourth-order valence-electron chi connectivity index (χ4n) is 2.31. The van der Waals surface area contributed by atoms with Crippen molar-refractivity contribution < 1.29 is 9.90 Å². The number of hydrogen-bond donors (Lipinski definition) is 1. The molecule has 0 aromatic carbocycles. The molecule has 0 bridgehead atoms. The minimum absolute atomic E-state index is 0.463. The summed E-state index contributed by atoms with van der Waals surface area (Å²) in [6.07, 6.45) is 10.3. The second-order valence-electron chi connectivity index (χ2n) is 7.40. The number of unbranched alkanes of at least 4 members (excludes halogenated alkanes) is 5. The van der Waals surface area contributed by atoms with Gasteiger partial charge < -0.3 is 5.11 Å². The molecule has 1 unspecified atom stereocenters. The largest absolute Gasteiger partial charge is 0.481 e. The van der Waals surface area contributed by atoms with Gasteiger partial charge in [-0.3, -0.25) is 4.79 Å². The zero-order chi connectivity index (χ0) is 14.9. The number of aliphatic carboxylic acids is 1. The van der Waals surface area contributed by atoms with Crippen LogP contribution in [0.3, 0.4) is 0 Å². The van der Waals surface area contributed by atoms with Gasteiger partial charge in [-0.1, -0.05) is 66.2 Å². The number of carbonyl (C=O) groups is 1. The van der Waals surface area contributed by atoms with E-state index in [9.17, 15) is 9.90 Å². The first-order valence-electron chi connectivity index (χ1n) is 7.95. The van der Waals surface area contributed by atoms with Crippen molar-refractivity contribution in [2.24, 2.45) is 10.8 Å². The second-order valence-corrected chi connectivity index (χ2v) is 7.40. The van der Waals surface area contributed by atoms with Gasteiger partial charge in [-0.05, 0) is 31.6 Å². The van der Waals surface area contributed by atoms with Gasteiger partial charge in [0.1, 0.15) is 0 Å². The van der Waals surface area contributed by atoms with E-state index in [4.69, 9.17) is 0 Å². The summed E-state index contributed by atoms with van der Waals surface area (Å²) in [5.74, 6) is -0.639. The van der Waals surface area contributed by atoms with Gasteiger partial charge in [-0.15, -0.1) is 0 Å². The summed E-state index contributed by atoms with van der Waals surface area (Å²) in [5.41, 5.74) is -0.0450. The summed E-state index contributed by atoms with van der Waals surface area (Å²) >= 11 is 0. The Bertz CT molecular complexity index is 252. The van der Waals surface area contributed by atoms with Crippen molar-refractivity contribution in [1.82, 2.24) is 0 Å². The lowest BCUT2D eigenvalue weighted by Gasteiger charge is -2.22. The van der Waals surface area contributed by atoms with Crippen LogP contribution >= 0.6 is 0 Å². The molecule has 0 aromatic heterocycles. The molecule has 0 aromatic rings. The normalized spacial score (nSPS) is 15.2. The van der Waals surface area contributed by atoms with Gasteiger partial charge in [-0.25, -0.2) is 0 Å². The molecule has 0 rings (SSSR count). The van der Waals surface area contributed by atoms with Crippen LogP contribution in [0.1, 0.15) is 92.4 Å². The Balaban J connectivity index is 3.53. The highest BCUT2D eigenvalue weighted by Crippen LogP contribution is 2.29. The summed E-state index contributed by atoms with van der Waals surface area (Å²) in [7, 11) is 0. The predicted octanol–water partition coefficient (Wildman–Crippen LogP) is 5.65. The Labute approximate surface area is 120 Å². The van der Waals surface area contributed by atoms with E-state index in [2.05, 4.69) is 20.8 Å². The molecule has 0 heterocycles. The third kappa shape index (κ3) is 9.07. The van der Waals surface area contributed by atoms with Crippen molar-refractivity contribution in [1.29, 1.82) is 0 Å². The van der Waals surface area contributed by atoms with E-state index >= 15 is 0 Å². The summed E-state index contributed by atoms with van der Waals surface area (Å²) < 4.78 is 0. The lowest BCUT2D eigenvalue weighted by atomic mass is 9.82. The minimum atomic E-state index is -0.639. The zero-order valence-electron chi connectivity index (χ0n) is 13.7. The Morgan fingerprint density at radius 3 is 1.63 bits per heavy atom. The van der Waals surface area contributed by atoms with E-state index in [1.807, 2.05) is 13.8 Å². The zero-order valence-corrected chi connectivity index (χ0v) is 13.7. The highest BCUT2D eigenvalue weighted by atomic mass is 16.4. The Hall–Kier alpha value is -0.530. The van der Waals surface area contributed by atoms with Crippen LogP contribution in [0, 0.1) is 10.8 Å². The van der Waals surface area contributed by atoms with E-state index in [-0.39, 0.29) is 0 Å². The molecule has 0 aliphatic rings. The number of hydrogen-bond acceptors (Lipinski definition) is 1. The van der Waals surface area contributed by atoms with Crippen LogP contribution in [0.5, 0.6) is 0 Å². The third-order valence-corrected chi connectivity index (χ3v) is 4.20. The van der Waals surface area contributed by atoms with Crippen LogP contribution < -0.4 is 0 Å². The average molecular weight is 270 g/mol. The van der Waals surface area contributed by atoms with Crippen molar-refractivity contribution >= 4 is 5.97 Å². The first-order chi connectivity index (χ1) is 8.71. The molecule has 0 saturated heterocycles. The summed E-state index contributed by atoms with van der Waals surface area (Å²) in [6, 6.07) is 0. The standard InChI is InChI=1S/C17H34O2/c1-6-17(5,15(18)19)14-12-10-8-7-9-11-13-16(2,3)4/h6-14H2,1-5H3,(H,18,19). The van der Waals surface area contributed by atoms with Gasteiger partial charge in [0, 0.05) is 0 Å². The molecule has 19 heavy (non-hydrogen) atoms. The van der Waals surface area contributed by atoms with Gasteiger partial charge in [0.2, 0.25) is 0 Å². The fourth-order valence-corrected chi connectivity index (χ4v) is 2.31. The third-order valence-electron chi connectivity index (χ3n) is 4.20. The lowest BCUT2D eigenvalue weighted by Crippen LogP contribution is -2.26. The first kappa shape index (κ1) is 18.5. The molecule has 0 radical (unpaired) electrons. The van der Waals surface area contributed by atoms with Crippen molar-refractivity contribution in [3.63, 3.8) is 0 Å². The van der Waals surface area contributed by atoms with Gasteiger partial charge >= 0.3 is 5.97 Å². The molecule has 114 valence electrons. The maximum atomic E-state index is 11.2. The molecule has 0 amide bonds. The van der Waals surface area contributed by atoms with Crippen LogP contribution in [0.4, 0.5) is 0 Å². The molecule has 2 heteroatoms. The monoisotopic (exact) mass is 270 g/mol. The number of carboxylic acid groups (broad SMARTS) is 1. The number of carboxylic acids is 1. The van der Waals surface area contributed by atoms with Gasteiger partial charge in [-0.2, -0.15) is 0 Å². The van der Waals surface area contributed by atoms with Crippen LogP contribution in [0.25, 0.3) is 0 Å². The van der Waals surface area contributed by atoms with Gasteiger partial charge in [0.05, 0.1) is 5.41 Å². The summed E-state index contributed by atoms with van der Waals surface area (Å²) in [6.45, 7) is 10.7. The van der Waals surface area contributed by atoms with E-state index in [1.54, 1.807) is 0 Å². The molecule has 0 saturated carbocycles. The Kier molecular flexibility index (Phi) is 8.36. The van der Waals surface area contributed by atoms with Gasteiger partial charge in [0.25, 0.3) is 0 Å². The van der Waals surface area contributed by atoms with E-state index in [1.165, 1.54) is 38.5 Å². The molecule has 1 atom stereocenters. The number of rotatable bonds is 10. The quantitative estimate of drug-likeness (QED) is 0.520. The minimum Gasteiger partial charge on any atom is -0.481 e. The second kappa shape index (κ2) is 8.60. The topological polar surface area (TPSA) is 37.3 Å². The van der Waals surface area contributed by atoms with Crippen molar-refractivity contribution in [3.05, 3.63) is 0 Å². The summed E-state index contributed by atoms with van der Waals surface area (Å²) in [4.78, 5) is 11.2. The predicted molar refractivity (Wildman–Crippen MR) is 82.4 cm³/mol. The van der Waals surface area contributed by atoms with E-state index < -0.39 is 11.4 Å². The van der Waals surface area contributed by atoms with Crippen LogP contribution in [-0.4, -0.2) is 11.1 Å². The fraction of sp³-hybridized carbons (Fsp3) is 0.941. The molecule has 0 spiro atoms.